The van der Waals surface area contributed by atoms with Crippen LogP contribution in [0.15, 0.2) is 83.8 Å². The molecule has 0 saturated heterocycles. The lowest BCUT2D eigenvalue weighted by atomic mass is 10.1. The molecule has 4 aromatic carbocycles. The van der Waals surface area contributed by atoms with E-state index in [4.69, 9.17) is 18.4 Å². The van der Waals surface area contributed by atoms with Gasteiger partial charge in [-0.2, -0.15) is 8.42 Å². The number of hydrogen-bond acceptors (Lipinski definition) is 8. The number of nitrogens with one attached hydrogen (secondary N) is 2. The van der Waals surface area contributed by atoms with Crippen LogP contribution in [0.1, 0.15) is 10.4 Å². The summed E-state index contributed by atoms with van der Waals surface area (Å²) in [7, 11) is -0.446. The van der Waals surface area contributed by atoms with Crippen molar-refractivity contribution < 1.29 is 36.4 Å². The number of amides is 2. The third kappa shape index (κ3) is 5.79. The number of hydrogen-bond donors (Lipinski definition) is 2. The van der Waals surface area contributed by atoms with E-state index in [1.165, 1.54) is 50.6 Å². The summed E-state index contributed by atoms with van der Waals surface area (Å²) >= 11 is 0. The van der Waals surface area contributed by atoms with Crippen molar-refractivity contribution in [2.75, 3.05) is 32.0 Å². The Bertz CT molecular complexity index is 1620. The molecule has 4 aromatic rings. The van der Waals surface area contributed by atoms with E-state index in [-0.39, 0.29) is 27.6 Å². The first-order valence-electron chi connectivity index (χ1n) is 11.2. The van der Waals surface area contributed by atoms with E-state index >= 15 is 0 Å². The van der Waals surface area contributed by atoms with Gasteiger partial charge in [-0.25, -0.2) is 9.59 Å². The molecule has 0 bridgehead atoms. The third-order valence-electron chi connectivity index (χ3n) is 5.49. The number of urea groups is 1. The quantitative estimate of drug-likeness (QED) is 0.236. The average Bonchev–Trinajstić information content (AvgIpc) is 2.92. The molecule has 0 aliphatic rings. The molecule has 38 heavy (non-hydrogen) atoms. The number of carbonyl (C=O) groups excluding carboxylic acids is 2. The van der Waals surface area contributed by atoms with Crippen molar-refractivity contribution in [3.8, 4) is 17.2 Å². The van der Waals surface area contributed by atoms with Gasteiger partial charge in [0.05, 0.1) is 21.3 Å². The smallest absolute Gasteiger partial charge is 0.341 e. The average molecular weight is 537 g/mol. The zero-order valence-corrected chi connectivity index (χ0v) is 21.5. The van der Waals surface area contributed by atoms with Crippen LogP contribution in [-0.4, -0.2) is 41.7 Å². The molecule has 196 valence electrons. The van der Waals surface area contributed by atoms with Crippen molar-refractivity contribution in [2.45, 2.75) is 4.90 Å². The zero-order valence-electron chi connectivity index (χ0n) is 20.7. The van der Waals surface area contributed by atoms with Crippen molar-refractivity contribution >= 4 is 44.3 Å². The molecule has 0 aromatic heterocycles. The van der Waals surface area contributed by atoms with Gasteiger partial charge in [0.25, 0.3) is 0 Å². The summed E-state index contributed by atoms with van der Waals surface area (Å²) < 4.78 is 46.2. The van der Waals surface area contributed by atoms with Crippen molar-refractivity contribution in [3.63, 3.8) is 0 Å². The number of methoxy groups -OCH3 is 3. The molecule has 0 saturated carbocycles. The van der Waals surface area contributed by atoms with Crippen LogP contribution in [0.5, 0.6) is 17.2 Å². The second-order valence-corrected chi connectivity index (χ2v) is 9.44. The normalized spacial score (nSPS) is 10.9. The molecule has 0 aliphatic heterocycles. The minimum absolute atomic E-state index is 0.183. The van der Waals surface area contributed by atoms with E-state index in [1.807, 2.05) is 36.4 Å². The second-order valence-electron chi connectivity index (χ2n) is 7.90. The monoisotopic (exact) mass is 536 g/mol. The lowest BCUT2D eigenvalue weighted by molar-refractivity contribution is 0.0599. The Kier molecular flexibility index (Phi) is 7.68. The van der Waals surface area contributed by atoms with Gasteiger partial charge in [0.1, 0.15) is 10.5 Å². The summed E-state index contributed by atoms with van der Waals surface area (Å²) in [6, 6.07) is 20.4. The SMILES string of the molecule is COC(=O)c1cc(NC(=O)Nc2ccc3ccccc3c2)ccc1OS(=O)(=O)c1ccc(OC)c(OC)c1. The van der Waals surface area contributed by atoms with Gasteiger partial charge in [-0.05, 0) is 53.2 Å². The van der Waals surface area contributed by atoms with Gasteiger partial charge in [-0.15, -0.1) is 0 Å². The molecule has 0 heterocycles. The summed E-state index contributed by atoms with van der Waals surface area (Å²) in [6.45, 7) is 0. The Balaban J connectivity index is 1.55. The third-order valence-corrected chi connectivity index (χ3v) is 6.72. The van der Waals surface area contributed by atoms with Crippen LogP contribution in [0.3, 0.4) is 0 Å². The fourth-order valence-electron chi connectivity index (χ4n) is 3.65. The van der Waals surface area contributed by atoms with Gasteiger partial charge in [0.15, 0.2) is 17.2 Å². The van der Waals surface area contributed by atoms with Gasteiger partial charge in [0, 0.05) is 17.4 Å². The summed E-state index contributed by atoms with van der Waals surface area (Å²) in [5.74, 6) is -0.630. The molecule has 0 fully saturated rings. The molecule has 11 heteroatoms. The molecule has 0 aliphatic carbocycles. The first-order chi connectivity index (χ1) is 18.2. The lowest BCUT2D eigenvalue weighted by Gasteiger charge is -2.14. The van der Waals surface area contributed by atoms with E-state index in [2.05, 4.69) is 10.6 Å². The topological polar surface area (TPSA) is 129 Å². The predicted molar refractivity (Wildman–Crippen MR) is 142 cm³/mol. The fraction of sp³-hybridized carbons (Fsp3) is 0.111. The molecular formula is C27H24N2O8S. The summed E-state index contributed by atoms with van der Waals surface area (Å²) in [5.41, 5.74) is 0.565. The predicted octanol–water partition coefficient (Wildman–Crippen LogP) is 5.06. The van der Waals surface area contributed by atoms with E-state index in [0.29, 0.717) is 11.4 Å². The van der Waals surface area contributed by atoms with E-state index in [9.17, 15) is 18.0 Å². The summed E-state index contributed by atoms with van der Waals surface area (Å²) in [6.07, 6.45) is 0. The number of anilines is 2. The van der Waals surface area contributed by atoms with Gasteiger partial charge in [0.2, 0.25) is 0 Å². The lowest BCUT2D eigenvalue weighted by Crippen LogP contribution is -2.20. The summed E-state index contributed by atoms with van der Waals surface area (Å²) in [5, 5.41) is 7.32. The van der Waals surface area contributed by atoms with Gasteiger partial charge in [-0.1, -0.05) is 30.3 Å². The van der Waals surface area contributed by atoms with Crippen LogP contribution >= 0.6 is 0 Å². The molecule has 0 unspecified atom stereocenters. The highest BCUT2D eigenvalue weighted by Gasteiger charge is 2.24. The zero-order chi connectivity index (χ0) is 27.3. The number of rotatable bonds is 8. The minimum atomic E-state index is -4.37. The van der Waals surface area contributed by atoms with E-state index in [0.717, 1.165) is 17.9 Å². The number of esters is 1. The van der Waals surface area contributed by atoms with Crippen LogP contribution < -0.4 is 24.3 Å². The molecule has 2 N–H and O–H groups in total. The molecule has 10 nitrogen and oxygen atoms in total. The summed E-state index contributed by atoms with van der Waals surface area (Å²) in [4.78, 5) is 24.8. The Morgan fingerprint density at radius 1 is 0.684 bits per heavy atom. The number of carbonyl (C=O) groups is 2. The number of fused-ring (bicyclic) bond motifs is 1. The molecular weight excluding hydrogens is 512 g/mol. The highest BCUT2D eigenvalue weighted by molar-refractivity contribution is 7.87. The van der Waals surface area contributed by atoms with Crippen molar-refractivity contribution in [3.05, 3.63) is 84.4 Å². The number of ether oxygens (including phenoxy) is 3. The molecule has 4 rings (SSSR count). The van der Waals surface area contributed by atoms with Crippen LogP contribution in [-0.2, 0) is 14.9 Å². The Morgan fingerprint density at radius 3 is 2.00 bits per heavy atom. The van der Waals surface area contributed by atoms with Gasteiger partial charge in [-0.3, -0.25) is 0 Å². The van der Waals surface area contributed by atoms with Crippen LogP contribution in [0.4, 0.5) is 16.2 Å². The fourth-order valence-corrected chi connectivity index (χ4v) is 4.61. The van der Waals surface area contributed by atoms with Gasteiger partial charge >= 0.3 is 22.1 Å². The Morgan fingerprint density at radius 2 is 1.32 bits per heavy atom. The second kappa shape index (κ2) is 11.1. The van der Waals surface area contributed by atoms with E-state index in [1.54, 1.807) is 6.07 Å². The Labute approximate surface area is 219 Å². The maximum atomic E-state index is 12.9. The van der Waals surface area contributed by atoms with Crippen molar-refractivity contribution in [2.24, 2.45) is 0 Å². The molecule has 2 amide bonds. The van der Waals surface area contributed by atoms with Crippen LogP contribution in [0.25, 0.3) is 10.8 Å². The maximum Gasteiger partial charge on any atom is 0.341 e. The van der Waals surface area contributed by atoms with Crippen molar-refractivity contribution in [1.29, 1.82) is 0 Å². The largest absolute Gasteiger partial charge is 0.493 e. The first-order valence-corrected chi connectivity index (χ1v) is 12.6. The highest BCUT2D eigenvalue weighted by atomic mass is 32.2. The first kappa shape index (κ1) is 26.3. The minimum Gasteiger partial charge on any atom is -0.493 e. The standard InChI is InChI=1S/C27H24N2O8S/c1-34-24-13-11-21(16-25(24)35-2)38(32,33)37-23-12-10-20(15-22(23)26(30)36-3)29-27(31)28-19-9-8-17-6-4-5-7-18(17)14-19/h4-16H,1-3H3,(H2,28,29,31). The number of benzene rings is 4. The van der Waals surface area contributed by atoms with Crippen LogP contribution in [0.2, 0.25) is 0 Å². The van der Waals surface area contributed by atoms with Crippen LogP contribution in [0, 0.1) is 0 Å². The van der Waals surface area contributed by atoms with Crippen molar-refractivity contribution in [1.82, 2.24) is 0 Å². The highest BCUT2D eigenvalue weighted by Crippen LogP contribution is 2.32. The van der Waals surface area contributed by atoms with Gasteiger partial charge < -0.3 is 29.0 Å². The molecule has 0 atom stereocenters. The molecule has 0 spiro atoms. The van der Waals surface area contributed by atoms with E-state index < -0.39 is 22.1 Å². The Hall–Kier alpha value is -4.77. The maximum absolute atomic E-state index is 12.9. The molecule has 0 radical (unpaired) electrons.